The molecule has 0 fully saturated rings. The number of carbonyl (C=O) groups excluding carboxylic acids is 1. The molecule has 0 aliphatic carbocycles. The van der Waals surface area contributed by atoms with Gasteiger partial charge in [-0.15, -0.1) is 0 Å². The van der Waals surface area contributed by atoms with Gasteiger partial charge < -0.3 is 16.2 Å². The van der Waals surface area contributed by atoms with Crippen LogP contribution < -0.4 is 11.1 Å². The van der Waals surface area contributed by atoms with E-state index in [1.165, 1.54) is 6.07 Å². The van der Waals surface area contributed by atoms with Gasteiger partial charge in [0.2, 0.25) is 0 Å². The average molecular weight is 398 g/mol. The zero-order valence-electron chi connectivity index (χ0n) is 10.3. The Morgan fingerprint density at radius 3 is 2.60 bits per heavy atom. The van der Waals surface area contributed by atoms with E-state index < -0.39 is 0 Å². The standard InChI is InChI=1S/C14H11IN2O2S/c15-10-6-5-8(7-12(10)18)14(19)17-11-4-2-1-3-9(11)13(16)20/h1-7,18H,(H2,16,20)(H,17,19). The van der Waals surface area contributed by atoms with Crippen LogP contribution in [0.25, 0.3) is 0 Å². The summed E-state index contributed by atoms with van der Waals surface area (Å²) in [6, 6.07) is 11.8. The molecule has 1 amide bonds. The Kier molecular flexibility index (Phi) is 4.56. The highest BCUT2D eigenvalue weighted by molar-refractivity contribution is 14.1. The number of rotatable bonds is 3. The summed E-state index contributed by atoms with van der Waals surface area (Å²) in [6.45, 7) is 0. The van der Waals surface area contributed by atoms with Crippen LogP contribution in [-0.4, -0.2) is 16.0 Å². The second-order valence-electron chi connectivity index (χ2n) is 4.03. The minimum absolute atomic E-state index is 0.0703. The maximum Gasteiger partial charge on any atom is 0.255 e. The molecule has 0 radical (unpaired) electrons. The molecule has 0 atom stereocenters. The number of nitrogens with one attached hydrogen (secondary N) is 1. The van der Waals surface area contributed by atoms with Gasteiger partial charge in [-0.05, 0) is 52.9 Å². The third-order valence-corrected chi connectivity index (χ3v) is 3.78. The van der Waals surface area contributed by atoms with E-state index in [9.17, 15) is 9.90 Å². The van der Waals surface area contributed by atoms with Gasteiger partial charge in [-0.25, -0.2) is 0 Å². The molecular weight excluding hydrogens is 387 g/mol. The van der Waals surface area contributed by atoms with Crippen molar-refractivity contribution in [3.63, 3.8) is 0 Å². The highest BCUT2D eigenvalue weighted by Gasteiger charge is 2.11. The molecule has 0 saturated carbocycles. The molecule has 0 heterocycles. The van der Waals surface area contributed by atoms with Crippen LogP contribution in [0.15, 0.2) is 42.5 Å². The number of hydrogen-bond donors (Lipinski definition) is 3. The topological polar surface area (TPSA) is 75.3 Å². The molecule has 2 aromatic rings. The van der Waals surface area contributed by atoms with Gasteiger partial charge in [0.25, 0.3) is 5.91 Å². The Labute approximate surface area is 135 Å². The summed E-state index contributed by atoms with van der Waals surface area (Å²) in [6.07, 6.45) is 0. The minimum Gasteiger partial charge on any atom is -0.507 e. The Hall–Kier alpha value is -1.67. The number of benzene rings is 2. The fraction of sp³-hybridized carbons (Fsp3) is 0. The molecule has 4 N–H and O–H groups in total. The molecule has 20 heavy (non-hydrogen) atoms. The Morgan fingerprint density at radius 2 is 1.95 bits per heavy atom. The van der Waals surface area contributed by atoms with Crippen LogP contribution in [0, 0.1) is 3.57 Å². The van der Waals surface area contributed by atoms with E-state index in [-0.39, 0.29) is 16.6 Å². The number of thiocarbonyl (C=S) groups is 1. The normalized spacial score (nSPS) is 10.1. The lowest BCUT2D eigenvalue weighted by Crippen LogP contribution is -2.17. The van der Waals surface area contributed by atoms with Crippen LogP contribution in [0.5, 0.6) is 5.75 Å². The monoisotopic (exact) mass is 398 g/mol. The summed E-state index contributed by atoms with van der Waals surface area (Å²) in [5, 5.41) is 12.4. The van der Waals surface area contributed by atoms with E-state index in [2.05, 4.69) is 5.32 Å². The molecule has 4 nitrogen and oxygen atoms in total. The number of amides is 1. The van der Waals surface area contributed by atoms with E-state index in [0.717, 1.165) is 0 Å². The molecule has 0 aliphatic heterocycles. The molecule has 0 saturated heterocycles. The van der Waals surface area contributed by atoms with Gasteiger partial charge in [0.1, 0.15) is 10.7 Å². The molecule has 0 bridgehead atoms. The van der Waals surface area contributed by atoms with Gasteiger partial charge in [-0.1, -0.05) is 24.4 Å². The van der Waals surface area contributed by atoms with Gasteiger partial charge in [0.05, 0.1) is 9.26 Å². The Balaban J connectivity index is 2.28. The van der Waals surface area contributed by atoms with Gasteiger partial charge in [0.15, 0.2) is 0 Å². The fourth-order valence-corrected chi connectivity index (χ4v) is 2.17. The zero-order chi connectivity index (χ0) is 14.7. The number of anilines is 1. The highest BCUT2D eigenvalue weighted by atomic mass is 127. The van der Waals surface area contributed by atoms with Crippen molar-refractivity contribution < 1.29 is 9.90 Å². The number of aromatic hydroxyl groups is 1. The van der Waals surface area contributed by atoms with Gasteiger partial charge in [-0.3, -0.25) is 4.79 Å². The smallest absolute Gasteiger partial charge is 0.255 e. The molecule has 2 aromatic carbocycles. The summed E-state index contributed by atoms with van der Waals surface area (Å²) in [5.74, 6) is -0.263. The van der Waals surface area contributed by atoms with E-state index in [1.54, 1.807) is 36.4 Å². The van der Waals surface area contributed by atoms with Crippen molar-refractivity contribution in [2.45, 2.75) is 0 Å². The summed E-state index contributed by atoms with van der Waals surface area (Å²) < 4.78 is 0.683. The molecule has 0 aliphatic rings. The predicted octanol–water partition coefficient (Wildman–Crippen LogP) is 2.88. The molecule has 0 spiro atoms. The first-order valence-electron chi connectivity index (χ1n) is 5.67. The predicted molar refractivity (Wildman–Crippen MR) is 91.1 cm³/mol. The maximum absolute atomic E-state index is 12.1. The molecule has 0 aromatic heterocycles. The second-order valence-corrected chi connectivity index (χ2v) is 5.63. The summed E-state index contributed by atoms with van der Waals surface area (Å²) in [7, 11) is 0. The van der Waals surface area contributed by atoms with Crippen molar-refractivity contribution in [1.82, 2.24) is 0 Å². The third kappa shape index (κ3) is 3.26. The highest BCUT2D eigenvalue weighted by Crippen LogP contribution is 2.22. The van der Waals surface area contributed by atoms with Crippen molar-refractivity contribution in [3.05, 3.63) is 57.2 Å². The van der Waals surface area contributed by atoms with Crippen molar-refractivity contribution in [3.8, 4) is 5.75 Å². The molecule has 2 rings (SSSR count). The van der Waals surface area contributed by atoms with Crippen LogP contribution in [-0.2, 0) is 0 Å². The summed E-state index contributed by atoms with van der Waals surface area (Å²) in [4.78, 5) is 12.4. The first-order chi connectivity index (χ1) is 9.49. The number of hydrogen-bond acceptors (Lipinski definition) is 3. The van der Waals surface area contributed by atoms with Gasteiger partial charge in [0, 0.05) is 11.1 Å². The van der Waals surface area contributed by atoms with Crippen molar-refractivity contribution in [1.29, 1.82) is 0 Å². The van der Waals surface area contributed by atoms with Crippen LogP contribution in [0.2, 0.25) is 0 Å². The molecule has 102 valence electrons. The first-order valence-corrected chi connectivity index (χ1v) is 7.16. The van der Waals surface area contributed by atoms with Crippen LogP contribution in [0.1, 0.15) is 15.9 Å². The number of nitrogens with two attached hydrogens (primary N) is 1. The van der Waals surface area contributed by atoms with Crippen LogP contribution >= 0.6 is 34.8 Å². The Morgan fingerprint density at radius 1 is 1.25 bits per heavy atom. The van der Waals surface area contributed by atoms with Gasteiger partial charge >= 0.3 is 0 Å². The van der Waals surface area contributed by atoms with Crippen molar-refractivity contribution >= 4 is 51.4 Å². The maximum atomic E-state index is 12.1. The summed E-state index contributed by atoms with van der Waals surface area (Å²) in [5.41, 5.74) is 7.12. The lowest BCUT2D eigenvalue weighted by Gasteiger charge is -2.10. The molecule has 0 unspecified atom stereocenters. The summed E-state index contributed by atoms with van der Waals surface area (Å²) >= 11 is 6.93. The fourth-order valence-electron chi connectivity index (χ4n) is 1.66. The SMILES string of the molecule is NC(=S)c1ccccc1NC(=O)c1ccc(I)c(O)c1. The largest absolute Gasteiger partial charge is 0.507 e. The lowest BCUT2D eigenvalue weighted by atomic mass is 10.1. The van der Waals surface area contributed by atoms with E-state index >= 15 is 0 Å². The molecular formula is C14H11IN2O2S. The van der Waals surface area contributed by atoms with Crippen molar-refractivity contribution in [2.75, 3.05) is 5.32 Å². The number of halogens is 1. The second kappa shape index (κ2) is 6.19. The van der Waals surface area contributed by atoms with E-state index in [4.69, 9.17) is 18.0 Å². The zero-order valence-corrected chi connectivity index (χ0v) is 13.2. The number of carbonyl (C=O) groups is 1. The lowest BCUT2D eigenvalue weighted by molar-refractivity contribution is 0.102. The Bertz CT molecular complexity index is 689. The van der Waals surface area contributed by atoms with Crippen LogP contribution in [0.3, 0.4) is 0 Å². The van der Waals surface area contributed by atoms with E-state index in [0.29, 0.717) is 20.4 Å². The number of para-hydroxylation sites is 1. The average Bonchev–Trinajstić information content (AvgIpc) is 2.42. The third-order valence-electron chi connectivity index (χ3n) is 2.65. The molecule has 6 heteroatoms. The van der Waals surface area contributed by atoms with E-state index in [1.807, 2.05) is 22.6 Å². The van der Waals surface area contributed by atoms with Crippen LogP contribution in [0.4, 0.5) is 5.69 Å². The van der Waals surface area contributed by atoms with Crippen molar-refractivity contribution in [2.24, 2.45) is 5.73 Å². The quantitative estimate of drug-likeness (QED) is 0.549. The number of phenolic OH excluding ortho intramolecular Hbond substituents is 1. The number of phenols is 1. The minimum atomic E-state index is -0.333. The first kappa shape index (κ1) is 14.7. The van der Waals surface area contributed by atoms with Gasteiger partial charge in [-0.2, -0.15) is 0 Å².